The fourth-order valence-corrected chi connectivity index (χ4v) is 5.45. The second-order valence-corrected chi connectivity index (χ2v) is 10.3. The summed E-state index contributed by atoms with van der Waals surface area (Å²) in [5, 5.41) is 1.28. The molecule has 1 atom stereocenters. The van der Waals surface area contributed by atoms with Gasteiger partial charge >= 0.3 is 0 Å². The highest BCUT2D eigenvalue weighted by molar-refractivity contribution is 7.15. The number of aryl methyl sites for hydroxylation is 3. The molecule has 9 heteroatoms. The third-order valence-corrected chi connectivity index (χ3v) is 7.82. The van der Waals surface area contributed by atoms with Gasteiger partial charge < -0.3 is 13.9 Å². The van der Waals surface area contributed by atoms with Crippen molar-refractivity contribution < 1.29 is 18.7 Å². The first-order valence-corrected chi connectivity index (χ1v) is 12.8. The van der Waals surface area contributed by atoms with Crippen LogP contribution in [0.4, 0.5) is 5.13 Å². The van der Waals surface area contributed by atoms with E-state index in [-0.39, 0.29) is 16.8 Å². The first kappa shape index (κ1) is 24.3. The number of ether oxygens (including phenoxy) is 2. The molecule has 0 aliphatic carbocycles. The van der Waals surface area contributed by atoms with Crippen molar-refractivity contribution in [2.24, 2.45) is 0 Å². The van der Waals surface area contributed by atoms with Crippen LogP contribution in [-0.4, -0.2) is 24.6 Å². The number of carbonyl (C=O) groups is 1. The summed E-state index contributed by atoms with van der Waals surface area (Å²) in [6.07, 6.45) is 0.849. The maximum atomic E-state index is 13.9. The molecule has 1 aliphatic rings. The third-order valence-electron chi connectivity index (χ3n) is 6.34. The molecule has 0 N–H and O–H groups in total. The van der Waals surface area contributed by atoms with Crippen LogP contribution >= 0.6 is 22.9 Å². The average molecular weight is 525 g/mol. The molecule has 5 rings (SSSR count). The van der Waals surface area contributed by atoms with E-state index in [4.69, 9.17) is 25.5 Å². The zero-order chi connectivity index (χ0) is 25.7. The standard InChI is InChI=1S/C27H25ClN2O5S/c1-6-9-34-19-8-7-16(11-21(19)33-5)23-22-24(31)17-12-18(28)13(2)10-20(17)35-25(22)26(32)30(23)27-29-14(3)15(4)36-27/h7-8,10-12,23H,6,9H2,1-5H3. The summed E-state index contributed by atoms with van der Waals surface area (Å²) in [5.74, 6) is 0.695. The highest BCUT2D eigenvalue weighted by atomic mass is 35.5. The van der Waals surface area contributed by atoms with Crippen molar-refractivity contribution in [3.05, 3.63) is 78.6 Å². The minimum absolute atomic E-state index is 0.00926. The van der Waals surface area contributed by atoms with E-state index in [2.05, 4.69) is 4.98 Å². The lowest BCUT2D eigenvalue weighted by Gasteiger charge is -2.23. The first-order chi connectivity index (χ1) is 17.2. The minimum atomic E-state index is -0.757. The van der Waals surface area contributed by atoms with Crippen molar-refractivity contribution in [2.75, 3.05) is 18.6 Å². The van der Waals surface area contributed by atoms with Crippen LogP contribution in [0, 0.1) is 20.8 Å². The van der Waals surface area contributed by atoms with Crippen LogP contribution in [0.2, 0.25) is 5.02 Å². The predicted octanol–water partition coefficient (Wildman–Crippen LogP) is 6.38. The summed E-state index contributed by atoms with van der Waals surface area (Å²) in [7, 11) is 1.56. The quantitative estimate of drug-likeness (QED) is 0.291. The Kier molecular flexibility index (Phi) is 6.26. The van der Waals surface area contributed by atoms with Crippen LogP contribution in [0.25, 0.3) is 11.0 Å². The molecule has 1 amide bonds. The minimum Gasteiger partial charge on any atom is -0.493 e. The number of aromatic nitrogens is 1. The van der Waals surface area contributed by atoms with Gasteiger partial charge in [0.1, 0.15) is 5.58 Å². The molecule has 0 bridgehead atoms. The first-order valence-electron chi connectivity index (χ1n) is 11.6. The number of amides is 1. The number of rotatable bonds is 6. The molecule has 2 aromatic heterocycles. The Bertz CT molecular complexity index is 1560. The number of hydrogen-bond donors (Lipinski definition) is 0. The van der Waals surface area contributed by atoms with Crippen LogP contribution in [0.1, 0.15) is 57.2 Å². The molecule has 0 spiro atoms. The molecule has 0 saturated carbocycles. The molecule has 7 nitrogen and oxygen atoms in total. The maximum Gasteiger partial charge on any atom is 0.297 e. The Labute approximate surface area is 217 Å². The van der Waals surface area contributed by atoms with E-state index in [9.17, 15) is 9.59 Å². The Hall–Kier alpha value is -3.36. The fourth-order valence-electron chi connectivity index (χ4n) is 4.35. The van der Waals surface area contributed by atoms with Gasteiger partial charge in [-0.1, -0.05) is 24.6 Å². The Morgan fingerprint density at radius 1 is 1.14 bits per heavy atom. The number of benzene rings is 2. The molecule has 3 heterocycles. The number of hydrogen-bond acceptors (Lipinski definition) is 7. The molecule has 0 radical (unpaired) electrons. The molecule has 0 saturated heterocycles. The summed E-state index contributed by atoms with van der Waals surface area (Å²) >= 11 is 7.74. The maximum absolute atomic E-state index is 13.9. The molecular weight excluding hydrogens is 500 g/mol. The van der Waals surface area contributed by atoms with Crippen molar-refractivity contribution in [2.45, 2.75) is 40.2 Å². The van der Waals surface area contributed by atoms with E-state index >= 15 is 0 Å². The van der Waals surface area contributed by atoms with Crippen molar-refractivity contribution in [3.8, 4) is 11.5 Å². The Morgan fingerprint density at radius 2 is 1.92 bits per heavy atom. The smallest absolute Gasteiger partial charge is 0.297 e. The summed E-state index contributed by atoms with van der Waals surface area (Å²) in [6.45, 7) is 8.23. The summed E-state index contributed by atoms with van der Waals surface area (Å²) in [5.41, 5.74) is 2.53. The van der Waals surface area contributed by atoms with Crippen molar-refractivity contribution >= 4 is 44.9 Å². The largest absolute Gasteiger partial charge is 0.493 e. The van der Waals surface area contributed by atoms with E-state index in [0.29, 0.717) is 44.8 Å². The molecule has 36 heavy (non-hydrogen) atoms. The van der Waals surface area contributed by atoms with Gasteiger partial charge in [0.25, 0.3) is 5.91 Å². The van der Waals surface area contributed by atoms with Crippen molar-refractivity contribution in [1.82, 2.24) is 4.98 Å². The Morgan fingerprint density at radius 3 is 2.58 bits per heavy atom. The van der Waals surface area contributed by atoms with Gasteiger partial charge in [0.15, 0.2) is 22.1 Å². The van der Waals surface area contributed by atoms with Crippen molar-refractivity contribution in [1.29, 1.82) is 0 Å². The van der Waals surface area contributed by atoms with Gasteiger partial charge in [-0.15, -0.1) is 11.3 Å². The van der Waals surface area contributed by atoms with Crippen LogP contribution in [0.15, 0.2) is 39.5 Å². The average Bonchev–Trinajstić information content (AvgIpc) is 3.34. The van der Waals surface area contributed by atoms with E-state index in [1.807, 2.05) is 33.8 Å². The third kappa shape index (κ3) is 3.85. The van der Waals surface area contributed by atoms with E-state index in [0.717, 1.165) is 22.6 Å². The predicted molar refractivity (Wildman–Crippen MR) is 141 cm³/mol. The molecule has 2 aromatic carbocycles. The van der Waals surface area contributed by atoms with Gasteiger partial charge in [0, 0.05) is 9.90 Å². The van der Waals surface area contributed by atoms with Gasteiger partial charge in [0.2, 0.25) is 5.76 Å². The van der Waals surface area contributed by atoms with Crippen molar-refractivity contribution in [3.63, 3.8) is 0 Å². The van der Waals surface area contributed by atoms with Gasteiger partial charge in [-0.2, -0.15) is 0 Å². The van der Waals surface area contributed by atoms with Crippen LogP contribution in [-0.2, 0) is 0 Å². The number of nitrogens with zero attached hydrogens (tertiary/aromatic N) is 2. The number of anilines is 1. The number of methoxy groups -OCH3 is 1. The van der Waals surface area contributed by atoms with Crippen LogP contribution < -0.4 is 19.8 Å². The number of thiazole rings is 1. The lowest BCUT2D eigenvalue weighted by atomic mass is 9.98. The molecule has 1 unspecified atom stereocenters. The Balaban J connectivity index is 1.77. The lowest BCUT2D eigenvalue weighted by molar-refractivity contribution is 0.0971. The monoisotopic (exact) mass is 524 g/mol. The van der Waals surface area contributed by atoms with E-state index in [1.165, 1.54) is 16.2 Å². The highest BCUT2D eigenvalue weighted by Gasteiger charge is 2.45. The SMILES string of the molecule is CCCOc1ccc(C2c3c(oc4cc(C)c(Cl)cc4c3=O)C(=O)N2c2nc(C)c(C)s2)cc1OC. The van der Waals surface area contributed by atoms with E-state index < -0.39 is 11.9 Å². The zero-order valence-electron chi connectivity index (χ0n) is 20.6. The normalized spacial score (nSPS) is 15.0. The highest BCUT2D eigenvalue weighted by Crippen LogP contribution is 2.44. The summed E-state index contributed by atoms with van der Waals surface area (Å²) < 4.78 is 17.5. The molecule has 1 aliphatic heterocycles. The molecule has 186 valence electrons. The van der Waals surface area contributed by atoms with Crippen LogP contribution in [0.5, 0.6) is 11.5 Å². The summed E-state index contributed by atoms with van der Waals surface area (Å²) in [6, 6.07) is 7.96. The van der Waals surface area contributed by atoms with Crippen LogP contribution in [0.3, 0.4) is 0 Å². The lowest BCUT2D eigenvalue weighted by Crippen LogP contribution is -2.29. The van der Waals surface area contributed by atoms with E-state index in [1.54, 1.807) is 31.4 Å². The zero-order valence-corrected chi connectivity index (χ0v) is 22.2. The van der Waals surface area contributed by atoms with Gasteiger partial charge in [-0.25, -0.2) is 4.98 Å². The number of halogens is 1. The molecule has 0 fully saturated rings. The van der Waals surface area contributed by atoms with Gasteiger partial charge in [0.05, 0.1) is 36.4 Å². The molecule has 4 aromatic rings. The topological polar surface area (TPSA) is 81.9 Å². The van der Waals surface area contributed by atoms with Gasteiger partial charge in [-0.05, 0) is 62.6 Å². The molecular formula is C27H25ClN2O5S. The van der Waals surface area contributed by atoms with Gasteiger partial charge in [-0.3, -0.25) is 14.5 Å². The summed E-state index contributed by atoms with van der Waals surface area (Å²) in [4.78, 5) is 34.8. The second-order valence-electron chi connectivity index (χ2n) is 8.75. The number of carbonyl (C=O) groups excluding carboxylic acids is 1. The second kappa shape index (κ2) is 9.26. The number of fused-ring (bicyclic) bond motifs is 2. The fraction of sp³-hybridized carbons (Fsp3) is 0.296.